The van der Waals surface area contributed by atoms with Crippen molar-refractivity contribution in [2.24, 2.45) is 4.99 Å². The summed E-state index contributed by atoms with van der Waals surface area (Å²) >= 11 is 0. The van der Waals surface area contributed by atoms with Crippen LogP contribution in [0.1, 0.15) is 28.3 Å². The molecule has 5 aromatic carbocycles. The van der Waals surface area contributed by atoms with E-state index in [0.29, 0.717) is 5.70 Å². The van der Waals surface area contributed by atoms with Gasteiger partial charge in [0.1, 0.15) is 29.1 Å². The second kappa shape index (κ2) is 10.9. The second-order valence-corrected chi connectivity index (χ2v) is 10.0. The highest BCUT2D eigenvalue weighted by Crippen LogP contribution is 2.33. The Balaban J connectivity index is 1.43. The van der Waals surface area contributed by atoms with E-state index < -0.39 is 29.3 Å². The van der Waals surface area contributed by atoms with Crippen LogP contribution in [0.2, 0.25) is 0 Å². The zero-order valence-electron chi connectivity index (χ0n) is 22.0. The first kappa shape index (κ1) is 26.3. The van der Waals surface area contributed by atoms with Gasteiger partial charge in [0, 0.05) is 23.4 Å². The predicted molar refractivity (Wildman–Crippen MR) is 155 cm³/mol. The van der Waals surface area contributed by atoms with Gasteiger partial charge in [0.15, 0.2) is 0 Å². The number of aryl methyl sites for hydroxylation is 1. The molecule has 0 amide bonds. The highest BCUT2D eigenvalue weighted by atomic mass is 19.1. The minimum absolute atomic E-state index is 0.178. The first-order valence-corrected chi connectivity index (χ1v) is 13.1. The number of hydrogen-bond donors (Lipinski definition) is 1. The summed E-state index contributed by atoms with van der Waals surface area (Å²) in [5.74, 6) is -2.81. The number of nitrogens with zero attached hydrogens (tertiary/aromatic N) is 1. The van der Waals surface area contributed by atoms with Crippen molar-refractivity contribution in [2.75, 3.05) is 0 Å². The Kier molecular flexibility index (Phi) is 6.98. The molecule has 1 heterocycles. The maximum absolute atomic E-state index is 14.1. The summed E-state index contributed by atoms with van der Waals surface area (Å²) in [7, 11) is 0. The van der Waals surface area contributed by atoms with Gasteiger partial charge < -0.3 is 5.32 Å². The number of benzene rings is 5. The number of amidine groups is 1. The minimum Gasteiger partial charge on any atom is -0.340 e. The molecule has 1 N–H and O–H groups in total. The monoisotopic (exact) mass is 548 g/mol. The molecule has 0 fully saturated rings. The smallest absolute Gasteiger partial charge is 0.133 e. The summed E-state index contributed by atoms with van der Waals surface area (Å²) in [5.41, 5.74) is 7.11. The van der Waals surface area contributed by atoms with Crippen LogP contribution in [0, 0.1) is 30.2 Å². The Morgan fingerprint density at radius 2 is 1.10 bits per heavy atom. The molecule has 0 radical (unpaired) electrons. The average molecular weight is 549 g/mol. The van der Waals surface area contributed by atoms with Crippen LogP contribution in [0.25, 0.3) is 28.0 Å². The van der Waals surface area contributed by atoms with E-state index in [2.05, 4.69) is 47.6 Å². The van der Waals surface area contributed by atoms with Gasteiger partial charge in [-0.25, -0.2) is 17.6 Å². The van der Waals surface area contributed by atoms with E-state index in [1.165, 1.54) is 12.1 Å². The summed E-state index contributed by atoms with van der Waals surface area (Å²) in [5, 5.41) is 3.19. The molecule has 1 atom stereocenters. The number of rotatable bonds is 5. The number of halogens is 4. The van der Waals surface area contributed by atoms with Gasteiger partial charge in [-0.2, -0.15) is 0 Å². The molecule has 5 aromatic rings. The highest BCUT2D eigenvalue weighted by molar-refractivity contribution is 6.05. The first-order chi connectivity index (χ1) is 19.8. The van der Waals surface area contributed by atoms with Crippen molar-refractivity contribution in [3.63, 3.8) is 0 Å². The third kappa shape index (κ3) is 5.82. The molecule has 0 saturated heterocycles. The Morgan fingerprint density at radius 1 is 0.537 bits per heavy atom. The van der Waals surface area contributed by atoms with Gasteiger partial charge in [-0.05, 0) is 88.3 Å². The molecule has 0 aliphatic carbocycles. The fraction of sp³-hybridized carbons (Fsp3) is 0.0571. The summed E-state index contributed by atoms with van der Waals surface area (Å²) in [6.07, 6.45) is 1.75. The SMILES string of the molecule is Cc1cc(-c2ccccc2)cc(-c2cccc(C3=CC(c4cc(F)cc(F)c4)N=C(c4cc(F)cc(F)c4)N3)c2)c1. The average Bonchev–Trinajstić information content (AvgIpc) is 2.96. The van der Waals surface area contributed by atoms with Crippen LogP contribution in [0.15, 0.2) is 120 Å². The first-order valence-electron chi connectivity index (χ1n) is 13.1. The molecule has 1 aliphatic heterocycles. The summed E-state index contributed by atoms with van der Waals surface area (Å²) in [4.78, 5) is 4.56. The Bertz CT molecular complexity index is 1790. The lowest BCUT2D eigenvalue weighted by atomic mass is 9.94. The number of hydrogen-bond acceptors (Lipinski definition) is 2. The van der Waals surface area contributed by atoms with Crippen LogP contribution in [-0.4, -0.2) is 5.84 Å². The molecule has 202 valence electrons. The Labute approximate surface area is 235 Å². The molecule has 1 aliphatic rings. The minimum atomic E-state index is -0.801. The van der Waals surface area contributed by atoms with Gasteiger partial charge in [0.05, 0.1) is 6.04 Å². The molecule has 0 bridgehead atoms. The van der Waals surface area contributed by atoms with Crippen LogP contribution in [-0.2, 0) is 0 Å². The third-order valence-corrected chi connectivity index (χ3v) is 6.90. The second-order valence-electron chi connectivity index (χ2n) is 10.0. The molecular formula is C35H24F4N2. The van der Waals surface area contributed by atoms with Gasteiger partial charge in [0.25, 0.3) is 0 Å². The van der Waals surface area contributed by atoms with E-state index in [1.807, 2.05) is 42.5 Å². The standard InChI is InChI=1S/C35H24F4N2/c1-21-10-25(22-6-3-2-4-7-22)13-26(11-21)23-8-5-9-24(12-23)33-20-34(27-14-29(36)18-30(37)15-27)41-35(40-33)28-16-31(38)19-32(39)17-28/h2-20,34H,1H3,(H,40,41). The van der Waals surface area contributed by atoms with E-state index in [1.54, 1.807) is 6.08 Å². The van der Waals surface area contributed by atoms with Gasteiger partial charge in [-0.1, -0.05) is 60.7 Å². The van der Waals surface area contributed by atoms with Crippen LogP contribution < -0.4 is 5.32 Å². The zero-order chi connectivity index (χ0) is 28.5. The van der Waals surface area contributed by atoms with Gasteiger partial charge in [0.2, 0.25) is 0 Å². The predicted octanol–water partition coefficient (Wildman–Crippen LogP) is 9.02. The van der Waals surface area contributed by atoms with Gasteiger partial charge in [-0.3, -0.25) is 4.99 Å². The lowest BCUT2D eigenvalue weighted by Crippen LogP contribution is -2.28. The molecule has 1 unspecified atom stereocenters. The summed E-state index contributed by atoms with van der Waals surface area (Å²) in [6, 6.07) is 29.8. The van der Waals surface area contributed by atoms with E-state index in [0.717, 1.165) is 57.6 Å². The van der Waals surface area contributed by atoms with E-state index in [4.69, 9.17) is 0 Å². The van der Waals surface area contributed by atoms with Crippen molar-refractivity contribution >= 4 is 11.5 Å². The van der Waals surface area contributed by atoms with Crippen molar-refractivity contribution in [3.05, 3.63) is 161 Å². The van der Waals surface area contributed by atoms with Crippen LogP contribution in [0.4, 0.5) is 17.6 Å². The maximum Gasteiger partial charge on any atom is 0.133 e. The lowest BCUT2D eigenvalue weighted by Gasteiger charge is -2.24. The normalized spacial score (nSPS) is 14.7. The number of aliphatic imine (C=N–C) groups is 1. The molecular weight excluding hydrogens is 524 g/mol. The molecule has 2 nitrogen and oxygen atoms in total. The van der Waals surface area contributed by atoms with Crippen molar-refractivity contribution in [2.45, 2.75) is 13.0 Å². The van der Waals surface area contributed by atoms with E-state index in [-0.39, 0.29) is 17.0 Å². The molecule has 41 heavy (non-hydrogen) atoms. The fourth-order valence-electron chi connectivity index (χ4n) is 5.07. The molecule has 0 saturated carbocycles. The van der Waals surface area contributed by atoms with Crippen LogP contribution in [0.5, 0.6) is 0 Å². The number of nitrogens with one attached hydrogen (secondary N) is 1. The molecule has 0 aromatic heterocycles. The van der Waals surface area contributed by atoms with Gasteiger partial charge in [-0.15, -0.1) is 0 Å². The van der Waals surface area contributed by atoms with Crippen LogP contribution in [0.3, 0.4) is 0 Å². The van der Waals surface area contributed by atoms with Crippen molar-refractivity contribution in [1.29, 1.82) is 0 Å². The summed E-state index contributed by atoms with van der Waals surface area (Å²) < 4.78 is 56.5. The van der Waals surface area contributed by atoms with Crippen molar-refractivity contribution in [1.82, 2.24) is 5.32 Å². The fourth-order valence-corrected chi connectivity index (χ4v) is 5.07. The van der Waals surface area contributed by atoms with E-state index in [9.17, 15) is 17.6 Å². The van der Waals surface area contributed by atoms with E-state index >= 15 is 0 Å². The van der Waals surface area contributed by atoms with Crippen molar-refractivity contribution in [3.8, 4) is 22.3 Å². The Morgan fingerprint density at radius 3 is 1.78 bits per heavy atom. The zero-order valence-corrected chi connectivity index (χ0v) is 22.0. The highest BCUT2D eigenvalue weighted by Gasteiger charge is 2.21. The largest absolute Gasteiger partial charge is 0.340 e. The van der Waals surface area contributed by atoms with Crippen molar-refractivity contribution < 1.29 is 17.6 Å². The third-order valence-electron chi connectivity index (χ3n) is 6.90. The maximum atomic E-state index is 14.1. The topological polar surface area (TPSA) is 24.4 Å². The lowest BCUT2D eigenvalue weighted by molar-refractivity contribution is 0.578. The Hall–Kier alpha value is -4.97. The molecule has 6 heteroatoms. The quantitative estimate of drug-likeness (QED) is 0.218. The van der Waals surface area contributed by atoms with Gasteiger partial charge >= 0.3 is 0 Å². The molecule has 0 spiro atoms. The summed E-state index contributed by atoms with van der Waals surface area (Å²) in [6.45, 7) is 2.05. The van der Waals surface area contributed by atoms with Crippen LogP contribution >= 0.6 is 0 Å². The molecule has 6 rings (SSSR count).